The fourth-order valence-corrected chi connectivity index (χ4v) is 3.58. The van der Waals surface area contributed by atoms with E-state index in [1.165, 1.54) is 0 Å². The van der Waals surface area contributed by atoms with Crippen molar-refractivity contribution in [2.24, 2.45) is 0 Å². The summed E-state index contributed by atoms with van der Waals surface area (Å²) in [6.45, 7) is 0.662. The van der Waals surface area contributed by atoms with Crippen LogP contribution in [0.4, 0.5) is 0 Å². The Morgan fingerprint density at radius 3 is 2.29 bits per heavy atom. The average molecular weight is 476 g/mol. The first-order valence-corrected chi connectivity index (χ1v) is 10.7. The summed E-state index contributed by atoms with van der Waals surface area (Å²) in [4.78, 5) is 13.2. The minimum Gasteiger partial charge on any atom is -0.493 e. The molecule has 4 nitrogen and oxygen atoms in total. The van der Waals surface area contributed by atoms with Crippen LogP contribution in [0, 0.1) is 0 Å². The number of ether oxygens (including phenoxy) is 2. The molecule has 158 valence electrons. The molecule has 0 amide bonds. The summed E-state index contributed by atoms with van der Waals surface area (Å²) < 4.78 is 17.6. The Bertz CT molecular complexity index is 1270. The Labute approximate surface area is 193 Å². The van der Waals surface area contributed by atoms with Crippen LogP contribution in [0.5, 0.6) is 11.5 Å². The minimum atomic E-state index is -0.308. The van der Waals surface area contributed by atoms with Crippen LogP contribution in [-0.4, -0.2) is 13.2 Å². The van der Waals surface area contributed by atoms with E-state index in [1.54, 1.807) is 60.7 Å². The van der Waals surface area contributed by atoms with E-state index < -0.39 is 0 Å². The molecule has 0 aliphatic rings. The molecule has 0 fully saturated rings. The highest BCUT2D eigenvalue weighted by atomic mass is 35.5. The second-order valence-corrected chi connectivity index (χ2v) is 7.99. The summed E-state index contributed by atoms with van der Waals surface area (Å²) in [5.74, 6) is 1.08. The molecule has 4 aromatic rings. The average Bonchev–Trinajstić information content (AvgIpc) is 2.77. The highest BCUT2D eigenvalue weighted by Crippen LogP contribution is 2.35. The Balaban J connectivity index is 1.58. The van der Waals surface area contributed by atoms with E-state index in [0.29, 0.717) is 50.4 Å². The van der Waals surface area contributed by atoms with Crippen molar-refractivity contribution in [2.75, 3.05) is 13.2 Å². The molecular weight excluding hydrogens is 459 g/mol. The lowest BCUT2D eigenvalue weighted by Crippen LogP contribution is -2.13. The van der Waals surface area contributed by atoms with Crippen LogP contribution in [-0.2, 0) is 0 Å². The van der Waals surface area contributed by atoms with E-state index in [9.17, 15) is 4.79 Å². The molecule has 0 radical (unpaired) electrons. The van der Waals surface area contributed by atoms with Gasteiger partial charge in [-0.2, -0.15) is 0 Å². The van der Waals surface area contributed by atoms with Crippen LogP contribution in [0.3, 0.4) is 0 Å². The van der Waals surface area contributed by atoms with Gasteiger partial charge in [-0.15, -0.1) is 0 Å². The molecule has 0 atom stereocenters. The van der Waals surface area contributed by atoms with Gasteiger partial charge in [0.05, 0.1) is 23.6 Å². The van der Waals surface area contributed by atoms with Gasteiger partial charge in [0.25, 0.3) is 0 Å². The monoisotopic (exact) mass is 474 g/mol. The summed E-state index contributed by atoms with van der Waals surface area (Å²) >= 11 is 18.3. The van der Waals surface area contributed by atoms with E-state index in [0.717, 1.165) is 0 Å². The van der Waals surface area contributed by atoms with Crippen molar-refractivity contribution in [1.29, 1.82) is 0 Å². The van der Waals surface area contributed by atoms with Crippen LogP contribution in [0.1, 0.15) is 6.42 Å². The van der Waals surface area contributed by atoms with Crippen molar-refractivity contribution in [3.63, 3.8) is 0 Å². The normalized spacial score (nSPS) is 10.9. The molecule has 7 heteroatoms. The molecule has 1 heterocycles. The number of hydrogen-bond donors (Lipinski definition) is 0. The van der Waals surface area contributed by atoms with Gasteiger partial charge < -0.3 is 13.9 Å². The Hall–Kier alpha value is -2.66. The molecule has 0 spiro atoms. The third-order valence-electron chi connectivity index (χ3n) is 4.55. The number of halogens is 3. The van der Waals surface area contributed by atoms with Crippen LogP contribution < -0.4 is 14.9 Å². The van der Waals surface area contributed by atoms with Crippen LogP contribution >= 0.6 is 34.8 Å². The number of fused-ring (bicyclic) bond motifs is 1. The molecule has 1 aromatic heterocycles. The summed E-state index contributed by atoms with van der Waals surface area (Å²) in [5, 5.41) is 1.88. The SMILES string of the molecule is O=c1c(OCCCOc2ccc(Cl)cc2)c(-c2ccccc2Cl)oc2ccc(Cl)cc12. The lowest BCUT2D eigenvalue weighted by Gasteiger charge is -2.13. The van der Waals surface area contributed by atoms with E-state index in [4.69, 9.17) is 48.7 Å². The highest BCUT2D eigenvalue weighted by Gasteiger charge is 2.19. The van der Waals surface area contributed by atoms with Crippen LogP contribution in [0.2, 0.25) is 15.1 Å². The van der Waals surface area contributed by atoms with Gasteiger partial charge in [-0.25, -0.2) is 0 Å². The second-order valence-electron chi connectivity index (χ2n) is 6.71. The van der Waals surface area contributed by atoms with Crippen molar-refractivity contribution in [3.8, 4) is 22.8 Å². The van der Waals surface area contributed by atoms with E-state index in [-0.39, 0.29) is 23.5 Å². The van der Waals surface area contributed by atoms with Gasteiger partial charge in [0.2, 0.25) is 11.2 Å². The van der Waals surface area contributed by atoms with Gasteiger partial charge in [0.1, 0.15) is 11.3 Å². The molecule has 0 bridgehead atoms. The molecular formula is C24H17Cl3O4. The number of rotatable bonds is 7. The molecule has 4 rings (SSSR count). The molecule has 3 aromatic carbocycles. The third-order valence-corrected chi connectivity index (χ3v) is 5.36. The summed E-state index contributed by atoms with van der Waals surface area (Å²) in [6, 6.07) is 19.1. The quantitative estimate of drug-likeness (QED) is 0.264. The van der Waals surface area contributed by atoms with Gasteiger partial charge in [0, 0.05) is 22.0 Å². The van der Waals surface area contributed by atoms with Crippen molar-refractivity contribution in [3.05, 3.63) is 92.0 Å². The molecule has 0 aliphatic carbocycles. The maximum Gasteiger partial charge on any atom is 0.235 e. The third kappa shape index (κ3) is 4.99. The Kier molecular flexibility index (Phi) is 6.71. The molecule has 0 saturated heterocycles. The zero-order valence-corrected chi connectivity index (χ0v) is 18.5. The van der Waals surface area contributed by atoms with Gasteiger partial charge in [0.15, 0.2) is 5.76 Å². The zero-order chi connectivity index (χ0) is 21.8. The lowest BCUT2D eigenvalue weighted by atomic mass is 10.1. The molecule has 0 N–H and O–H groups in total. The number of benzene rings is 3. The summed E-state index contributed by atoms with van der Waals surface area (Å²) in [6.07, 6.45) is 0.553. The van der Waals surface area contributed by atoms with Crippen molar-refractivity contribution in [2.45, 2.75) is 6.42 Å². The van der Waals surface area contributed by atoms with Crippen molar-refractivity contribution >= 4 is 45.8 Å². The first kappa shape index (κ1) is 21.6. The topological polar surface area (TPSA) is 48.7 Å². The van der Waals surface area contributed by atoms with Crippen LogP contribution in [0.15, 0.2) is 75.9 Å². The molecule has 31 heavy (non-hydrogen) atoms. The zero-order valence-electron chi connectivity index (χ0n) is 16.2. The van der Waals surface area contributed by atoms with Gasteiger partial charge in [-0.3, -0.25) is 4.79 Å². The van der Waals surface area contributed by atoms with E-state index in [1.807, 2.05) is 6.07 Å². The molecule has 0 aliphatic heterocycles. The van der Waals surface area contributed by atoms with E-state index in [2.05, 4.69) is 0 Å². The molecule has 0 saturated carbocycles. The minimum absolute atomic E-state index is 0.0920. The predicted molar refractivity (Wildman–Crippen MR) is 125 cm³/mol. The lowest BCUT2D eigenvalue weighted by molar-refractivity contribution is 0.244. The fraction of sp³-hybridized carbons (Fsp3) is 0.125. The van der Waals surface area contributed by atoms with Gasteiger partial charge >= 0.3 is 0 Å². The Morgan fingerprint density at radius 2 is 1.52 bits per heavy atom. The van der Waals surface area contributed by atoms with Crippen molar-refractivity contribution < 1.29 is 13.9 Å². The van der Waals surface area contributed by atoms with Crippen LogP contribution in [0.25, 0.3) is 22.3 Å². The van der Waals surface area contributed by atoms with Crippen molar-refractivity contribution in [1.82, 2.24) is 0 Å². The van der Waals surface area contributed by atoms with Gasteiger partial charge in [-0.05, 0) is 54.6 Å². The number of hydrogen-bond acceptors (Lipinski definition) is 4. The first-order chi connectivity index (χ1) is 15.0. The summed E-state index contributed by atoms with van der Waals surface area (Å²) in [7, 11) is 0. The second kappa shape index (κ2) is 9.65. The predicted octanol–water partition coefficient (Wildman–Crippen LogP) is 7.27. The first-order valence-electron chi connectivity index (χ1n) is 9.55. The maximum absolute atomic E-state index is 13.2. The molecule has 0 unspecified atom stereocenters. The Morgan fingerprint density at radius 1 is 0.806 bits per heavy atom. The van der Waals surface area contributed by atoms with E-state index >= 15 is 0 Å². The summed E-state index contributed by atoms with van der Waals surface area (Å²) in [5.41, 5.74) is 0.672. The fourth-order valence-electron chi connectivity index (χ4n) is 3.06. The maximum atomic E-state index is 13.2. The largest absolute Gasteiger partial charge is 0.493 e. The smallest absolute Gasteiger partial charge is 0.235 e. The standard InChI is InChI=1S/C24H17Cl3O4/c25-15-6-9-17(10-7-15)29-12-3-13-30-24-22(28)19-14-16(26)8-11-21(19)31-23(24)18-4-1-2-5-20(18)27/h1-2,4-11,14H,3,12-13H2. The highest BCUT2D eigenvalue weighted by molar-refractivity contribution is 6.33. The van der Waals surface area contributed by atoms with Gasteiger partial charge in [-0.1, -0.05) is 46.9 Å².